The number of benzene rings is 1. The predicted octanol–water partition coefficient (Wildman–Crippen LogP) is 2.12. The maximum atomic E-state index is 12.8. The van der Waals surface area contributed by atoms with Crippen molar-refractivity contribution in [1.82, 2.24) is 14.9 Å². The van der Waals surface area contributed by atoms with Gasteiger partial charge in [-0.3, -0.25) is 9.59 Å². The van der Waals surface area contributed by atoms with Crippen molar-refractivity contribution in [2.75, 3.05) is 18.7 Å². The molecule has 2 amide bonds. The van der Waals surface area contributed by atoms with Crippen LogP contribution in [-0.2, 0) is 13.0 Å². The van der Waals surface area contributed by atoms with E-state index in [9.17, 15) is 9.59 Å². The number of carbonyl (C=O) groups is 2. The van der Waals surface area contributed by atoms with Crippen molar-refractivity contribution in [2.24, 2.45) is 0 Å². The number of carbonyl (C=O) groups excluding carboxylic acids is 2. The molecule has 0 saturated carbocycles. The van der Waals surface area contributed by atoms with Crippen LogP contribution in [0.25, 0.3) is 0 Å². The minimum atomic E-state index is -0.345. The number of ether oxygens (including phenoxy) is 2. The van der Waals surface area contributed by atoms with Crippen LogP contribution in [0.5, 0.6) is 11.5 Å². The zero-order valence-corrected chi connectivity index (χ0v) is 14.8. The Bertz CT molecular complexity index is 919. The molecule has 0 atom stereocenters. The Balaban J connectivity index is 1.60. The number of fused-ring (bicyclic) bond motifs is 2. The summed E-state index contributed by atoms with van der Waals surface area (Å²) in [6.45, 7) is 4.79. The zero-order valence-electron chi connectivity index (χ0n) is 14.8. The topological polar surface area (TPSA) is 94.5 Å². The SMILES string of the molecule is C=CCNC(=O)c1nc(C(=O)Nc2ccc3c(c2)OCO3)c2n1CCCC2. The summed E-state index contributed by atoms with van der Waals surface area (Å²) in [5, 5.41) is 5.56. The van der Waals surface area contributed by atoms with Crippen molar-refractivity contribution >= 4 is 17.5 Å². The van der Waals surface area contributed by atoms with Gasteiger partial charge in [-0.1, -0.05) is 6.08 Å². The van der Waals surface area contributed by atoms with Crippen LogP contribution in [0.3, 0.4) is 0 Å². The first-order chi connectivity index (χ1) is 13.2. The molecule has 0 saturated heterocycles. The number of hydrogen-bond acceptors (Lipinski definition) is 5. The van der Waals surface area contributed by atoms with E-state index in [2.05, 4.69) is 22.2 Å². The zero-order chi connectivity index (χ0) is 18.8. The molecule has 1 aromatic carbocycles. The highest BCUT2D eigenvalue weighted by Crippen LogP contribution is 2.34. The molecule has 2 aliphatic heterocycles. The quantitative estimate of drug-likeness (QED) is 0.789. The molecular formula is C19H20N4O4. The number of rotatable bonds is 5. The molecule has 2 aromatic rings. The molecule has 4 rings (SSSR count). The number of imidazole rings is 1. The van der Waals surface area contributed by atoms with E-state index in [1.807, 2.05) is 4.57 Å². The van der Waals surface area contributed by atoms with Gasteiger partial charge in [-0.25, -0.2) is 4.98 Å². The number of nitrogens with zero attached hydrogens (tertiary/aromatic N) is 2. The smallest absolute Gasteiger partial charge is 0.287 e. The van der Waals surface area contributed by atoms with Gasteiger partial charge in [-0.05, 0) is 31.4 Å². The van der Waals surface area contributed by atoms with E-state index in [4.69, 9.17) is 9.47 Å². The van der Waals surface area contributed by atoms with Crippen molar-refractivity contribution in [2.45, 2.75) is 25.8 Å². The average Bonchev–Trinajstić information content (AvgIpc) is 3.30. The minimum absolute atomic E-state index is 0.171. The highest BCUT2D eigenvalue weighted by atomic mass is 16.7. The third kappa shape index (κ3) is 3.25. The van der Waals surface area contributed by atoms with Crippen molar-refractivity contribution in [1.29, 1.82) is 0 Å². The summed E-state index contributed by atoms with van der Waals surface area (Å²) in [6.07, 6.45) is 4.23. The molecule has 3 heterocycles. The van der Waals surface area contributed by atoms with Crippen molar-refractivity contribution in [3.63, 3.8) is 0 Å². The predicted molar refractivity (Wildman–Crippen MR) is 98.2 cm³/mol. The molecule has 27 heavy (non-hydrogen) atoms. The van der Waals surface area contributed by atoms with Crippen LogP contribution >= 0.6 is 0 Å². The van der Waals surface area contributed by atoms with Gasteiger partial charge in [0, 0.05) is 24.8 Å². The molecule has 0 bridgehead atoms. The van der Waals surface area contributed by atoms with E-state index in [1.165, 1.54) is 0 Å². The molecule has 8 nitrogen and oxygen atoms in total. The molecule has 1 aromatic heterocycles. The average molecular weight is 368 g/mol. The highest BCUT2D eigenvalue weighted by Gasteiger charge is 2.27. The van der Waals surface area contributed by atoms with Gasteiger partial charge in [-0.2, -0.15) is 0 Å². The van der Waals surface area contributed by atoms with Crippen LogP contribution in [0, 0.1) is 0 Å². The highest BCUT2D eigenvalue weighted by molar-refractivity contribution is 6.05. The van der Waals surface area contributed by atoms with Crippen molar-refractivity contribution in [3.8, 4) is 11.5 Å². The van der Waals surface area contributed by atoms with Gasteiger partial charge in [0.2, 0.25) is 6.79 Å². The molecule has 0 aliphatic carbocycles. The maximum Gasteiger partial charge on any atom is 0.287 e. The molecule has 2 aliphatic rings. The second-order valence-corrected chi connectivity index (χ2v) is 6.36. The van der Waals surface area contributed by atoms with Gasteiger partial charge in [0.05, 0.1) is 5.69 Å². The number of hydrogen-bond donors (Lipinski definition) is 2. The molecule has 8 heteroatoms. The largest absolute Gasteiger partial charge is 0.454 e. The molecule has 140 valence electrons. The first kappa shape index (κ1) is 17.1. The summed E-state index contributed by atoms with van der Waals surface area (Å²) in [6, 6.07) is 5.20. The lowest BCUT2D eigenvalue weighted by molar-refractivity contribution is 0.0942. The number of amides is 2. The number of nitrogens with one attached hydrogen (secondary N) is 2. The van der Waals surface area contributed by atoms with E-state index in [0.717, 1.165) is 18.5 Å². The summed E-state index contributed by atoms with van der Waals surface area (Å²) >= 11 is 0. The molecular weight excluding hydrogens is 348 g/mol. The number of aromatic nitrogens is 2. The van der Waals surface area contributed by atoms with Gasteiger partial charge >= 0.3 is 0 Å². The summed E-state index contributed by atoms with van der Waals surface area (Å²) in [7, 11) is 0. The minimum Gasteiger partial charge on any atom is -0.454 e. The lowest BCUT2D eigenvalue weighted by Gasteiger charge is -2.17. The Labute approximate surface area is 156 Å². The third-order valence-electron chi connectivity index (χ3n) is 4.57. The van der Waals surface area contributed by atoms with Gasteiger partial charge in [0.1, 0.15) is 0 Å². The Morgan fingerprint density at radius 1 is 1.22 bits per heavy atom. The fourth-order valence-electron chi connectivity index (χ4n) is 3.31. The Kier molecular flexibility index (Phi) is 4.53. The van der Waals surface area contributed by atoms with Gasteiger partial charge in [0.15, 0.2) is 23.0 Å². The third-order valence-corrected chi connectivity index (χ3v) is 4.57. The molecule has 2 N–H and O–H groups in total. The summed E-state index contributed by atoms with van der Waals surface area (Å²) in [5.74, 6) is 0.850. The van der Waals surface area contributed by atoms with Gasteiger partial charge < -0.3 is 24.7 Å². The summed E-state index contributed by atoms with van der Waals surface area (Å²) < 4.78 is 12.5. The second kappa shape index (κ2) is 7.14. The van der Waals surface area contributed by atoms with Crippen LogP contribution in [0.15, 0.2) is 30.9 Å². The van der Waals surface area contributed by atoms with E-state index in [1.54, 1.807) is 24.3 Å². The van der Waals surface area contributed by atoms with Crippen LogP contribution in [0.2, 0.25) is 0 Å². The van der Waals surface area contributed by atoms with Crippen molar-refractivity contribution < 1.29 is 19.1 Å². The number of anilines is 1. The lowest BCUT2D eigenvalue weighted by atomic mass is 10.1. The Hall–Kier alpha value is -3.29. The van der Waals surface area contributed by atoms with E-state index < -0.39 is 0 Å². The first-order valence-electron chi connectivity index (χ1n) is 8.87. The lowest BCUT2D eigenvalue weighted by Crippen LogP contribution is -2.28. The van der Waals surface area contributed by atoms with Gasteiger partial charge in [0.25, 0.3) is 11.8 Å². The first-order valence-corrected chi connectivity index (χ1v) is 8.87. The van der Waals surface area contributed by atoms with Crippen LogP contribution < -0.4 is 20.1 Å². The fourth-order valence-corrected chi connectivity index (χ4v) is 3.31. The standard InChI is InChI=1S/C19H20N4O4/c1-2-8-20-19(25)17-22-16(13-5-3-4-9-23(13)17)18(24)21-12-6-7-14-15(10-12)27-11-26-14/h2,6-7,10H,1,3-5,8-9,11H2,(H,20,25)(H,21,24). The fraction of sp³-hybridized carbons (Fsp3) is 0.316. The van der Waals surface area contributed by atoms with E-state index in [0.29, 0.717) is 36.7 Å². The van der Waals surface area contributed by atoms with Crippen molar-refractivity contribution in [3.05, 3.63) is 48.1 Å². The van der Waals surface area contributed by atoms with Crippen LogP contribution in [-0.4, -0.2) is 34.7 Å². The second-order valence-electron chi connectivity index (χ2n) is 6.36. The summed E-state index contributed by atoms with van der Waals surface area (Å²) in [4.78, 5) is 29.6. The molecule has 0 radical (unpaired) electrons. The normalized spacial score (nSPS) is 14.4. The Morgan fingerprint density at radius 3 is 2.93 bits per heavy atom. The molecule has 0 fully saturated rings. The molecule has 0 unspecified atom stereocenters. The van der Waals surface area contributed by atoms with E-state index in [-0.39, 0.29) is 30.1 Å². The summed E-state index contributed by atoms with van der Waals surface area (Å²) in [5.41, 5.74) is 1.67. The van der Waals surface area contributed by atoms with Crippen LogP contribution in [0.4, 0.5) is 5.69 Å². The van der Waals surface area contributed by atoms with Crippen LogP contribution in [0.1, 0.15) is 39.6 Å². The van der Waals surface area contributed by atoms with E-state index >= 15 is 0 Å². The monoisotopic (exact) mass is 368 g/mol. The van der Waals surface area contributed by atoms with Gasteiger partial charge in [-0.15, -0.1) is 6.58 Å². The maximum absolute atomic E-state index is 12.8. The molecule has 0 spiro atoms. The Morgan fingerprint density at radius 2 is 2.07 bits per heavy atom.